The molecular formula is C10H7ClN. The van der Waals surface area contributed by atoms with Gasteiger partial charge in [-0.15, -0.1) is 0 Å². The largest absolute Gasteiger partial charge is 0.252 e. The molecule has 0 spiro atoms. The monoisotopic (exact) mass is 176 g/mol. The van der Waals surface area contributed by atoms with Crippen molar-refractivity contribution in [2.75, 3.05) is 0 Å². The minimum absolute atomic E-state index is 0.702. The molecule has 1 aromatic carbocycles. The number of fused-ring (bicyclic) bond motifs is 1. The van der Waals surface area contributed by atoms with E-state index in [-0.39, 0.29) is 0 Å². The van der Waals surface area contributed by atoms with Crippen LogP contribution in [0.5, 0.6) is 0 Å². The molecule has 0 bridgehead atoms. The fourth-order valence-electron chi connectivity index (χ4n) is 1.13. The first-order valence-electron chi connectivity index (χ1n) is 3.70. The number of aromatic nitrogens is 1. The smallest absolute Gasteiger partial charge is 0.0785 e. The van der Waals surface area contributed by atoms with E-state index < -0.39 is 0 Å². The lowest BCUT2D eigenvalue weighted by molar-refractivity contribution is 1.25. The van der Waals surface area contributed by atoms with E-state index in [0.717, 1.165) is 16.6 Å². The van der Waals surface area contributed by atoms with Crippen molar-refractivity contribution < 1.29 is 0 Å². The average molecular weight is 177 g/mol. The SMILES string of the molecule is Cc1ccc2cc(Cl)c[c]c2n1. The minimum atomic E-state index is 0.702. The molecule has 0 aliphatic carbocycles. The lowest BCUT2D eigenvalue weighted by Gasteiger charge is -1.97. The summed E-state index contributed by atoms with van der Waals surface area (Å²) >= 11 is 5.80. The number of nitrogens with zero attached hydrogens (tertiary/aromatic N) is 1. The first-order valence-corrected chi connectivity index (χ1v) is 4.08. The average Bonchev–Trinajstić information content (AvgIpc) is 2.05. The second-order valence-electron chi connectivity index (χ2n) is 2.71. The summed E-state index contributed by atoms with van der Waals surface area (Å²) in [5, 5.41) is 1.74. The lowest BCUT2D eigenvalue weighted by atomic mass is 10.2. The predicted molar refractivity (Wildman–Crippen MR) is 50.3 cm³/mol. The standard InChI is InChI=1S/C10H7ClN/c1-7-2-3-8-6-9(11)4-5-10(8)12-7/h2-4,6H,1H3. The summed E-state index contributed by atoms with van der Waals surface area (Å²) in [5.41, 5.74) is 1.88. The van der Waals surface area contributed by atoms with Gasteiger partial charge in [-0.2, -0.15) is 0 Å². The van der Waals surface area contributed by atoms with Crippen molar-refractivity contribution in [2.45, 2.75) is 6.92 Å². The summed E-state index contributed by atoms with van der Waals surface area (Å²) in [5.74, 6) is 0. The van der Waals surface area contributed by atoms with Gasteiger partial charge in [0.25, 0.3) is 0 Å². The number of pyridine rings is 1. The summed E-state index contributed by atoms with van der Waals surface area (Å²) in [7, 11) is 0. The van der Waals surface area contributed by atoms with Crippen LogP contribution in [-0.4, -0.2) is 4.98 Å². The molecule has 2 heteroatoms. The predicted octanol–water partition coefficient (Wildman–Crippen LogP) is 3.00. The van der Waals surface area contributed by atoms with Crippen molar-refractivity contribution in [1.29, 1.82) is 0 Å². The van der Waals surface area contributed by atoms with Gasteiger partial charge in [0.2, 0.25) is 0 Å². The van der Waals surface area contributed by atoms with Crippen LogP contribution in [0.1, 0.15) is 5.69 Å². The molecular weight excluding hydrogens is 170 g/mol. The minimum Gasteiger partial charge on any atom is -0.252 e. The molecule has 1 radical (unpaired) electrons. The molecule has 12 heavy (non-hydrogen) atoms. The molecule has 0 amide bonds. The zero-order valence-corrected chi connectivity index (χ0v) is 7.39. The third-order valence-corrected chi connectivity index (χ3v) is 1.92. The topological polar surface area (TPSA) is 12.9 Å². The molecule has 0 saturated heterocycles. The Labute approximate surface area is 76.0 Å². The Morgan fingerprint density at radius 3 is 3.08 bits per heavy atom. The molecule has 0 aliphatic heterocycles. The van der Waals surface area contributed by atoms with Crippen LogP contribution in [0.2, 0.25) is 5.02 Å². The molecule has 2 aromatic rings. The number of aryl methyl sites for hydroxylation is 1. The molecule has 1 nitrogen and oxygen atoms in total. The van der Waals surface area contributed by atoms with Crippen LogP contribution in [0.4, 0.5) is 0 Å². The van der Waals surface area contributed by atoms with Gasteiger partial charge < -0.3 is 0 Å². The highest BCUT2D eigenvalue weighted by Gasteiger charge is 1.95. The Morgan fingerprint density at radius 2 is 2.25 bits per heavy atom. The fraction of sp³-hybridized carbons (Fsp3) is 0.100. The molecule has 0 unspecified atom stereocenters. The summed E-state index contributed by atoms with van der Waals surface area (Å²) in [4.78, 5) is 4.30. The van der Waals surface area contributed by atoms with E-state index in [4.69, 9.17) is 11.6 Å². The second-order valence-corrected chi connectivity index (χ2v) is 3.14. The van der Waals surface area contributed by atoms with Gasteiger partial charge >= 0.3 is 0 Å². The van der Waals surface area contributed by atoms with Crippen molar-refractivity contribution in [1.82, 2.24) is 4.98 Å². The van der Waals surface area contributed by atoms with Gasteiger partial charge in [-0.1, -0.05) is 17.7 Å². The quantitative estimate of drug-likeness (QED) is 0.602. The lowest BCUT2D eigenvalue weighted by Crippen LogP contribution is -1.82. The fourth-order valence-corrected chi connectivity index (χ4v) is 1.30. The second kappa shape index (κ2) is 2.76. The highest BCUT2D eigenvalue weighted by molar-refractivity contribution is 6.31. The van der Waals surface area contributed by atoms with Gasteiger partial charge in [-0.3, -0.25) is 4.98 Å². The van der Waals surface area contributed by atoms with Crippen molar-refractivity contribution in [2.24, 2.45) is 0 Å². The van der Waals surface area contributed by atoms with Crippen LogP contribution < -0.4 is 0 Å². The van der Waals surface area contributed by atoms with E-state index in [9.17, 15) is 0 Å². The maximum atomic E-state index is 5.80. The Hall–Kier alpha value is -1.08. The van der Waals surface area contributed by atoms with Crippen LogP contribution in [0.15, 0.2) is 24.3 Å². The number of hydrogen-bond donors (Lipinski definition) is 0. The normalized spacial score (nSPS) is 10.5. The Balaban J connectivity index is 2.79. The van der Waals surface area contributed by atoms with Crippen LogP contribution in [0.25, 0.3) is 10.9 Å². The van der Waals surface area contributed by atoms with Gasteiger partial charge in [0.1, 0.15) is 0 Å². The summed E-state index contributed by atoms with van der Waals surface area (Å²) in [6.45, 7) is 1.96. The zero-order chi connectivity index (χ0) is 8.55. The molecule has 1 aromatic heterocycles. The van der Waals surface area contributed by atoms with E-state index in [2.05, 4.69) is 11.1 Å². The Morgan fingerprint density at radius 1 is 1.42 bits per heavy atom. The van der Waals surface area contributed by atoms with E-state index in [0.29, 0.717) is 5.02 Å². The maximum absolute atomic E-state index is 5.80. The van der Waals surface area contributed by atoms with E-state index in [1.54, 1.807) is 6.07 Å². The molecule has 1 heterocycles. The Bertz CT molecular complexity index is 382. The van der Waals surface area contributed by atoms with E-state index in [1.165, 1.54) is 0 Å². The van der Waals surface area contributed by atoms with Crippen molar-refractivity contribution in [3.63, 3.8) is 0 Å². The first kappa shape index (κ1) is 7.56. The van der Waals surface area contributed by atoms with Gasteiger partial charge in [0.15, 0.2) is 0 Å². The summed E-state index contributed by atoms with van der Waals surface area (Å²) in [6.07, 6.45) is 0. The number of halogens is 1. The molecule has 59 valence electrons. The van der Waals surface area contributed by atoms with E-state index >= 15 is 0 Å². The number of rotatable bonds is 0. The number of benzene rings is 1. The van der Waals surface area contributed by atoms with Gasteiger partial charge in [-0.25, -0.2) is 0 Å². The molecule has 2 rings (SSSR count). The summed E-state index contributed by atoms with van der Waals surface area (Å²) < 4.78 is 0. The van der Waals surface area contributed by atoms with Gasteiger partial charge in [0.05, 0.1) is 5.52 Å². The van der Waals surface area contributed by atoms with Crippen molar-refractivity contribution in [3.8, 4) is 0 Å². The maximum Gasteiger partial charge on any atom is 0.0785 e. The first-order chi connectivity index (χ1) is 5.75. The van der Waals surface area contributed by atoms with Gasteiger partial charge in [-0.05, 0) is 25.1 Å². The van der Waals surface area contributed by atoms with Crippen molar-refractivity contribution >= 4 is 22.5 Å². The third-order valence-electron chi connectivity index (χ3n) is 1.71. The van der Waals surface area contributed by atoms with Crippen LogP contribution in [0, 0.1) is 13.0 Å². The molecule has 0 aliphatic rings. The molecule has 0 saturated carbocycles. The van der Waals surface area contributed by atoms with Gasteiger partial charge in [0, 0.05) is 22.2 Å². The number of hydrogen-bond acceptors (Lipinski definition) is 1. The molecule has 0 atom stereocenters. The Kier molecular flexibility index (Phi) is 1.74. The van der Waals surface area contributed by atoms with Crippen LogP contribution >= 0.6 is 11.6 Å². The van der Waals surface area contributed by atoms with E-state index in [1.807, 2.05) is 25.1 Å². The molecule has 0 N–H and O–H groups in total. The third kappa shape index (κ3) is 1.28. The highest BCUT2D eigenvalue weighted by atomic mass is 35.5. The zero-order valence-electron chi connectivity index (χ0n) is 6.63. The van der Waals surface area contributed by atoms with Crippen molar-refractivity contribution in [3.05, 3.63) is 41.0 Å². The summed E-state index contributed by atoms with van der Waals surface area (Å²) in [6, 6.07) is 10.6. The molecule has 0 fully saturated rings. The van der Waals surface area contributed by atoms with Crippen LogP contribution in [-0.2, 0) is 0 Å². The van der Waals surface area contributed by atoms with Crippen LogP contribution in [0.3, 0.4) is 0 Å². The highest BCUT2D eigenvalue weighted by Crippen LogP contribution is 2.16.